The number of nitrogens with two attached hydrogens (primary N) is 1. The summed E-state index contributed by atoms with van der Waals surface area (Å²) in [6.07, 6.45) is 1.61. The molecular weight excluding hydrogens is 354 g/mol. The van der Waals surface area contributed by atoms with E-state index in [9.17, 15) is 13.6 Å². The van der Waals surface area contributed by atoms with E-state index in [0.717, 1.165) is 25.0 Å². The molecule has 1 aromatic rings. The third-order valence-corrected chi connectivity index (χ3v) is 3.85. The second-order valence-electron chi connectivity index (χ2n) is 4.78. The van der Waals surface area contributed by atoms with Gasteiger partial charge in [-0.1, -0.05) is 0 Å². The first-order valence-corrected chi connectivity index (χ1v) is 6.93. The van der Waals surface area contributed by atoms with Crippen molar-refractivity contribution in [3.63, 3.8) is 0 Å². The summed E-state index contributed by atoms with van der Waals surface area (Å²) in [5.41, 5.74) is 5.87. The van der Waals surface area contributed by atoms with E-state index in [2.05, 4.69) is 15.9 Å². The van der Waals surface area contributed by atoms with Gasteiger partial charge in [0.15, 0.2) is 0 Å². The molecule has 20 heavy (non-hydrogen) atoms. The number of benzene rings is 1. The van der Waals surface area contributed by atoms with Crippen LogP contribution in [-0.2, 0) is 11.2 Å². The first-order chi connectivity index (χ1) is 8.97. The lowest BCUT2D eigenvalue weighted by Crippen LogP contribution is -2.46. The molecule has 1 atom stereocenters. The molecule has 1 saturated heterocycles. The third-order valence-electron chi connectivity index (χ3n) is 3.24. The van der Waals surface area contributed by atoms with Crippen molar-refractivity contribution in [1.29, 1.82) is 0 Å². The first-order valence-electron chi connectivity index (χ1n) is 6.14. The molecule has 0 unspecified atom stereocenters. The van der Waals surface area contributed by atoms with Gasteiger partial charge in [-0.3, -0.25) is 4.79 Å². The lowest BCUT2D eigenvalue weighted by molar-refractivity contribution is -0.131. The Balaban J connectivity index is 0.00000200. The van der Waals surface area contributed by atoms with E-state index in [1.54, 1.807) is 4.90 Å². The second-order valence-corrected chi connectivity index (χ2v) is 5.63. The molecule has 0 aromatic heterocycles. The van der Waals surface area contributed by atoms with Crippen molar-refractivity contribution in [3.05, 3.63) is 33.8 Å². The van der Waals surface area contributed by atoms with Gasteiger partial charge in [0.2, 0.25) is 5.91 Å². The fourth-order valence-electron chi connectivity index (χ4n) is 2.21. The Labute approximate surface area is 131 Å². The average Bonchev–Trinajstić information content (AvgIpc) is 2.36. The number of amides is 1. The average molecular weight is 370 g/mol. The van der Waals surface area contributed by atoms with Gasteiger partial charge >= 0.3 is 0 Å². The van der Waals surface area contributed by atoms with Crippen LogP contribution in [-0.4, -0.2) is 29.9 Å². The summed E-state index contributed by atoms with van der Waals surface area (Å²) in [7, 11) is 0. The number of rotatable bonds is 2. The summed E-state index contributed by atoms with van der Waals surface area (Å²) in [6.45, 7) is 1.12. The van der Waals surface area contributed by atoms with Crippen LogP contribution in [0.15, 0.2) is 16.6 Å². The Morgan fingerprint density at radius 3 is 2.75 bits per heavy atom. The summed E-state index contributed by atoms with van der Waals surface area (Å²) >= 11 is 2.90. The third kappa shape index (κ3) is 4.14. The van der Waals surface area contributed by atoms with Crippen molar-refractivity contribution in [3.8, 4) is 0 Å². The highest BCUT2D eigenvalue weighted by molar-refractivity contribution is 9.10. The molecule has 1 aromatic carbocycles. The smallest absolute Gasteiger partial charge is 0.227 e. The molecule has 1 aliphatic heterocycles. The number of hydrogen-bond acceptors (Lipinski definition) is 2. The van der Waals surface area contributed by atoms with E-state index in [1.807, 2.05) is 0 Å². The predicted octanol–water partition coefficient (Wildman–Crippen LogP) is 2.64. The van der Waals surface area contributed by atoms with Crippen molar-refractivity contribution in [1.82, 2.24) is 4.90 Å². The maximum atomic E-state index is 13.6. The molecule has 0 spiro atoms. The summed E-state index contributed by atoms with van der Waals surface area (Å²) < 4.78 is 27.1. The van der Waals surface area contributed by atoms with Gasteiger partial charge in [0.25, 0.3) is 0 Å². The topological polar surface area (TPSA) is 46.3 Å². The van der Waals surface area contributed by atoms with Gasteiger partial charge in [0, 0.05) is 24.7 Å². The number of likely N-dealkylation sites (tertiary alicyclic amines) is 1. The standard InChI is InChI=1S/C13H15BrF2N2O.ClH/c14-10-6-11(15)8(4-12(10)16)5-13(19)18-3-1-2-9(17)7-18;/h4,6,9H,1-3,5,7,17H2;1H/t9-;/m1./s1. The summed E-state index contributed by atoms with van der Waals surface area (Å²) in [6, 6.07) is 2.07. The highest BCUT2D eigenvalue weighted by Gasteiger charge is 2.22. The molecule has 1 amide bonds. The summed E-state index contributed by atoms with van der Waals surface area (Å²) in [5.74, 6) is -1.36. The minimum Gasteiger partial charge on any atom is -0.341 e. The van der Waals surface area contributed by atoms with Crippen molar-refractivity contribution in [2.24, 2.45) is 5.73 Å². The molecule has 2 N–H and O–H groups in total. The monoisotopic (exact) mass is 368 g/mol. The molecule has 0 bridgehead atoms. The van der Waals surface area contributed by atoms with Crippen molar-refractivity contribution in [2.75, 3.05) is 13.1 Å². The predicted molar refractivity (Wildman–Crippen MR) is 78.8 cm³/mol. The summed E-state index contributed by atoms with van der Waals surface area (Å²) in [4.78, 5) is 13.6. The van der Waals surface area contributed by atoms with Crippen LogP contribution >= 0.6 is 28.3 Å². The van der Waals surface area contributed by atoms with E-state index in [-0.39, 0.29) is 40.8 Å². The number of hydrogen-bond donors (Lipinski definition) is 1. The van der Waals surface area contributed by atoms with E-state index in [1.165, 1.54) is 0 Å². The van der Waals surface area contributed by atoms with E-state index >= 15 is 0 Å². The Hall–Kier alpha value is -0.720. The van der Waals surface area contributed by atoms with Crippen LogP contribution in [0.25, 0.3) is 0 Å². The van der Waals surface area contributed by atoms with E-state index in [0.29, 0.717) is 13.1 Å². The number of nitrogens with zero attached hydrogens (tertiary/aromatic N) is 1. The number of carbonyl (C=O) groups is 1. The van der Waals surface area contributed by atoms with Crippen molar-refractivity contribution < 1.29 is 13.6 Å². The van der Waals surface area contributed by atoms with Gasteiger partial charge in [0.05, 0.1) is 10.9 Å². The SMILES string of the molecule is Cl.N[C@@H]1CCCN(C(=O)Cc2cc(F)c(Br)cc2F)C1. The molecule has 0 radical (unpaired) electrons. The maximum absolute atomic E-state index is 13.6. The first kappa shape index (κ1) is 17.3. The summed E-state index contributed by atoms with van der Waals surface area (Å²) in [5, 5.41) is 0. The molecule has 1 aliphatic rings. The van der Waals surface area contributed by atoms with Crippen LogP contribution in [0.4, 0.5) is 8.78 Å². The second kappa shape index (κ2) is 7.33. The number of halogens is 4. The molecule has 7 heteroatoms. The van der Waals surface area contributed by atoms with Crippen LogP contribution in [0.5, 0.6) is 0 Å². The normalized spacial score (nSPS) is 18.6. The van der Waals surface area contributed by atoms with Gasteiger partial charge in [-0.25, -0.2) is 8.78 Å². The van der Waals surface area contributed by atoms with Gasteiger partial charge in [-0.15, -0.1) is 12.4 Å². The minimum atomic E-state index is -0.581. The highest BCUT2D eigenvalue weighted by atomic mass is 79.9. The Kier molecular flexibility index (Phi) is 6.36. The van der Waals surface area contributed by atoms with Gasteiger partial charge in [0.1, 0.15) is 11.6 Å². The molecule has 1 heterocycles. The van der Waals surface area contributed by atoms with Crippen molar-refractivity contribution in [2.45, 2.75) is 25.3 Å². The van der Waals surface area contributed by atoms with E-state index in [4.69, 9.17) is 5.73 Å². The molecule has 1 fully saturated rings. The largest absolute Gasteiger partial charge is 0.341 e. The molecule has 112 valence electrons. The number of carbonyl (C=O) groups excluding carboxylic acids is 1. The lowest BCUT2D eigenvalue weighted by atomic mass is 10.0. The van der Waals surface area contributed by atoms with Crippen LogP contribution in [0, 0.1) is 11.6 Å². The van der Waals surface area contributed by atoms with Crippen LogP contribution < -0.4 is 5.73 Å². The molecule has 0 saturated carbocycles. The molecule has 0 aliphatic carbocycles. The maximum Gasteiger partial charge on any atom is 0.227 e. The minimum absolute atomic E-state index is 0. The fourth-order valence-corrected chi connectivity index (χ4v) is 2.53. The zero-order valence-corrected chi connectivity index (χ0v) is 13.1. The Morgan fingerprint density at radius 2 is 2.10 bits per heavy atom. The number of piperidine rings is 1. The van der Waals surface area contributed by atoms with Crippen molar-refractivity contribution >= 4 is 34.2 Å². The molecule has 3 nitrogen and oxygen atoms in total. The van der Waals surface area contributed by atoms with Crippen LogP contribution in [0.2, 0.25) is 0 Å². The molecular formula is C13H16BrClF2N2O. The van der Waals surface area contributed by atoms with Crippen LogP contribution in [0.3, 0.4) is 0 Å². The quantitative estimate of drug-likeness (QED) is 0.815. The zero-order chi connectivity index (χ0) is 14.0. The highest BCUT2D eigenvalue weighted by Crippen LogP contribution is 2.21. The molecule has 2 rings (SSSR count). The Bertz CT molecular complexity index is 502. The lowest BCUT2D eigenvalue weighted by Gasteiger charge is -2.30. The van der Waals surface area contributed by atoms with E-state index < -0.39 is 11.6 Å². The van der Waals surface area contributed by atoms with Gasteiger partial charge in [-0.2, -0.15) is 0 Å². The van der Waals surface area contributed by atoms with Gasteiger partial charge in [-0.05, 0) is 40.9 Å². The fraction of sp³-hybridized carbons (Fsp3) is 0.462. The van der Waals surface area contributed by atoms with Crippen LogP contribution in [0.1, 0.15) is 18.4 Å². The zero-order valence-electron chi connectivity index (χ0n) is 10.7. The van der Waals surface area contributed by atoms with Gasteiger partial charge < -0.3 is 10.6 Å². The Morgan fingerprint density at radius 1 is 1.40 bits per heavy atom.